The summed E-state index contributed by atoms with van der Waals surface area (Å²) in [5.41, 5.74) is 2.48. The Bertz CT molecular complexity index is 1230. The molecule has 0 saturated carbocycles. The average molecular weight is 554 g/mol. The smallest absolute Gasteiger partial charge is 0.304 e. The largest absolute Gasteiger partial charge is 0.481 e. The van der Waals surface area contributed by atoms with E-state index in [9.17, 15) is 14.7 Å². The highest BCUT2D eigenvalue weighted by Gasteiger charge is 2.38. The second-order valence-electron chi connectivity index (χ2n) is 10.3. The number of halogens is 2. The Morgan fingerprint density at radius 2 is 1.58 bits per heavy atom. The van der Waals surface area contributed by atoms with Gasteiger partial charge in [-0.15, -0.1) is 0 Å². The molecule has 1 amide bonds. The summed E-state index contributed by atoms with van der Waals surface area (Å²) in [6, 6.07) is 25.0. The number of carboxylic acid groups (broad SMARTS) is 1. The zero-order valence-electron chi connectivity index (χ0n) is 21.7. The van der Waals surface area contributed by atoms with Gasteiger partial charge in [0, 0.05) is 30.5 Å². The summed E-state index contributed by atoms with van der Waals surface area (Å²) >= 11 is 12.5. The van der Waals surface area contributed by atoms with Crippen LogP contribution < -0.4 is 0 Å². The molecule has 7 heteroatoms. The zero-order valence-corrected chi connectivity index (χ0v) is 23.2. The number of hydrogen-bond donors (Lipinski definition) is 1. The summed E-state index contributed by atoms with van der Waals surface area (Å²) in [4.78, 5) is 29.0. The van der Waals surface area contributed by atoms with Crippen molar-refractivity contribution in [1.29, 1.82) is 0 Å². The van der Waals surface area contributed by atoms with E-state index in [1.165, 1.54) is 0 Å². The Morgan fingerprint density at radius 1 is 0.947 bits per heavy atom. The predicted molar refractivity (Wildman–Crippen MR) is 153 cm³/mol. The first-order valence-corrected chi connectivity index (χ1v) is 13.8. The number of nitrogens with zero attached hydrogens (tertiary/aromatic N) is 2. The fourth-order valence-corrected chi connectivity index (χ4v) is 5.84. The van der Waals surface area contributed by atoms with Gasteiger partial charge in [-0.1, -0.05) is 77.8 Å². The van der Waals surface area contributed by atoms with Crippen LogP contribution >= 0.6 is 23.2 Å². The van der Waals surface area contributed by atoms with E-state index < -0.39 is 5.97 Å². The number of amides is 1. The van der Waals surface area contributed by atoms with E-state index in [1.54, 1.807) is 4.90 Å². The van der Waals surface area contributed by atoms with Crippen molar-refractivity contribution in [2.75, 3.05) is 33.2 Å². The van der Waals surface area contributed by atoms with Crippen molar-refractivity contribution in [3.8, 4) is 0 Å². The van der Waals surface area contributed by atoms with E-state index in [1.807, 2.05) is 73.8 Å². The lowest BCUT2D eigenvalue weighted by Gasteiger charge is -2.42. The highest BCUT2D eigenvalue weighted by molar-refractivity contribution is 6.42. The summed E-state index contributed by atoms with van der Waals surface area (Å²) in [7, 11) is 1.83. The molecule has 0 aliphatic carbocycles. The summed E-state index contributed by atoms with van der Waals surface area (Å²) in [5.74, 6) is -0.703. The maximum Gasteiger partial charge on any atom is 0.304 e. The van der Waals surface area contributed by atoms with Crippen LogP contribution in [0.3, 0.4) is 0 Å². The van der Waals surface area contributed by atoms with E-state index in [0.29, 0.717) is 22.2 Å². The molecular weight excluding hydrogens is 519 g/mol. The predicted octanol–water partition coefficient (Wildman–Crippen LogP) is 6.75. The first-order chi connectivity index (χ1) is 18.3. The average Bonchev–Trinajstić information content (AvgIpc) is 2.93. The number of likely N-dealkylation sites (N-methyl/N-ethyl adjacent to an activating group) is 1. The third-order valence-electron chi connectivity index (χ3n) is 7.76. The molecule has 3 aromatic rings. The summed E-state index contributed by atoms with van der Waals surface area (Å²) in [6.45, 7) is 3.05. The molecule has 1 atom stereocenters. The van der Waals surface area contributed by atoms with Crippen LogP contribution in [0.4, 0.5) is 0 Å². The second-order valence-corrected chi connectivity index (χ2v) is 11.1. The third kappa shape index (κ3) is 6.96. The van der Waals surface area contributed by atoms with Gasteiger partial charge in [-0.3, -0.25) is 9.59 Å². The van der Waals surface area contributed by atoms with Gasteiger partial charge in [0.15, 0.2) is 0 Å². The van der Waals surface area contributed by atoms with E-state index in [2.05, 4.69) is 17.0 Å². The van der Waals surface area contributed by atoms with Crippen molar-refractivity contribution in [2.45, 2.75) is 37.0 Å². The fourth-order valence-electron chi connectivity index (χ4n) is 5.54. The number of carbonyl (C=O) groups excluding carboxylic acids is 1. The molecule has 4 rings (SSSR count). The van der Waals surface area contributed by atoms with Crippen LogP contribution in [-0.2, 0) is 10.2 Å². The second kappa shape index (κ2) is 12.8. The van der Waals surface area contributed by atoms with Crippen LogP contribution in [0.2, 0.25) is 10.0 Å². The van der Waals surface area contributed by atoms with Gasteiger partial charge in [0.05, 0.1) is 16.5 Å². The Labute approximate surface area is 235 Å². The Morgan fingerprint density at radius 3 is 2.18 bits per heavy atom. The number of hydrogen-bond acceptors (Lipinski definition) is 3. The molecule has 1 aliphatic rings. The van der Waals surface area contributed by atoms with Crippen molar-refractivity contribution >= 4 is 35.1 Å². The van der Waals surface area contributed by atoms with Gasteiger partial charge in [-0.05, 0) is 74.3 Å². The molecule has 0 radical (unpaired) electrons. The SMILES string of the molecule is CN(CC(CCN1CCC(CC(=O)O)(c2ccccc2)CC1)c1ccc(Cl)c(Cl)c1)C(=O)c1ccccc1. The number of aliphatic carboxylic acids is 1. The molecule has 200 valence electrons. The summed E-state index contributed by atoms with van der Waals surface area (Å²) in [5, 5.41) is 10.7. The van der Waals surface area contributed by atoms with Crippen LogP contribution in [0.1, 0.15) is 53.1 Å². The summed E-state index contributed by atoms with van der Waals surface area (Å²) in [6.07, 6.45) is 2.57. The number of rotatable bonds is 10. The number of carboxylic acids is 1. The van der Waals surface area contributed by atoms with Gasteiger partial charge >= 0.3 is 5.97 Å². The normalized spacial score (nSPS) is 16.1. The van der Waals surface area contributed by atoms with Gasteiger partial charge < -0.3 is 14.9 Å². The fraction of sp³-hybridized carbons (Fsp3) is 0.355. The Hall–Kier alpha value is -2.86. The highest BCUT2D eigenvalue weighted by Crippen LogP contribution is 2.39. The monoisotopic (exact) mass is 552 g/mol. The van der Waals surface area contributed by atoms with Crippen LogP contribution in [-0.4, -0.2) is 60.0 Å². The maximum absolute atomic E-state index is 13.1. The van der Waals surface area contributed by atoms with Gasteiger partial charge in [-0.25, -0.2) is 0 Å². The van der Waals surface area contributed by atoms with Crippen LogP contribution in [0.25, 0.3) is 0 Å². The number of likely N-dealkylation sites (tertiary alicyclic amines) is 1. The first kappa shape index (κ1) is 28.2. The zero-order chi connectivity index (χ0) is 27.1. The molecule has 5 nitrogen and oxygen atoms in total. The van der Waals surface area contributed by atoms with Gasteiger partial charge in [0.1, 0.15) is 0 Å². The van der Waals surface area contributed by atoms with Gasteiger partial charge in [0.2, 0.25) is 0 Å². The molecule has 0 bridgehead atoms. The Balaban J connectivity index is 1.45. The van der Waals surface area contributed by atoms with Crippen LogP contribution in [0, 0.1) is 0 Å². The molecule has 1 saturated heterocycles. The van der Waals surface area contributed by atoms with Crippen molar-refractivity contribution < 1.29 is 14.7 Å². The molecular formula is C31H34Cl2N2O3. The van der Waals surface area contributed by atoms with Gasteiger partial charge in [0.25, 0.3) is 5.91 Å². The lowest BCUT2D eigenvalue weighted by atomic mass is 9.70. The highest BCUT2D eigenvalue weighted by atomic mass is 35.5. The molecule has 1 unspecified atom stereocenters. The van der Waals surface area contributed by atoms with Crippen molar-refractivity contribution in [1.82, 2.24) is 9.80 Å². The standard InChI is InChI=1S/C31H34Cl2N2O3/c1-34(30(38)23-8-4-2-5-9-23)22-25(24-12-13-27(32)28(33)20-24)14-17-35-18-15-31(16-19-35,21-29(36)37)26-10-6-3-7-11-26/h2-13,20,25H,14-19,21-22H2,1H3,(H,36,37). The van der Waals surface area contributed by atoms with E-state index in [-0.39, 0.29) is 23.7 Å². The van der Waals surface area contributed by atoms with Gasteiger partial charge in [-0.2, -0.15) is 0 Å². The minimum atomic E-state index is -0.756. The maximum atomic E-state index is 13.1. The molecule has 0 aromatic heterocycles. The molecule has 1 N–H and O–H groups in total. The molecule has 3 aromatic carbocycles. The van der Waals surface area contributed by atoms with Crippen molar-refractivity contribution in [2.24, 2.45) is 0 Å². The molecule has 1 fully saturated rings. The van der Waals surface area contributed by atoms with Crippen LogP contribution in [0.5, 0.6) is 0 Å². The van der Waals surface area contributed by atoms with E-state index in [0.717, 1.165) is 50.0 Å². The Kier molecular flexibility index (Phi) is 9.48. The van der Waals surface area contributed by atoms with Crippen molar-refractivity contribution in [3.05, 3.63) is 106 Å². The molecule has 1 aliphatic heterocycles. The number of benzene rings is 3. The molecule has 0 spiro atoms. The lowest BCUT2D eigenvalue weighted by Crippen LogP contribution is -2.44. The minimum absolute atomic E-state index is 0.0186. The quantitative estimate of drug-likeness (QED) is 0.302. The number of piperidine rings is 1. The molecule has 1 heterocycles. The van der Waals surface area contributed by atoms with E-state index >= 15 is 0 Å². The lowest BCUT2D eigenvalue weighted by molar-refractivity contribution is -0.139. The topological polar surface area (TPSA) is 60.9 Å². The third-order valence-corrected chi connectivity index (χ3v) is 8.50. The first-order valence-electron chi connectivity index (χ1n) is 13.0. The van der Waals surface area contributed by atoms with Crippen molar-refractivity contribution in [3.63, 3.8) is 0 Å². The number of carbonyl (C=O) groups is 2. The van der Waals surface area contributed by atoms with E-state index in [4.69, 9.17) is 23.2 Å². The molecule has 38 heavy (non-hydrogen) atoms. The minimum Gasteiger partial charge on any atom is -0.481 e. The van der Waals surface area contributed by atoms with Crippen LogP contribution in [0.15, 0.2) is 78.9 Å². The summed E-state index contributed by atoms with van der Waals surface area (Å²) < 4.78 is 0.